The summed E-state index contributed by atoms with van der Waals surface area (Å²) in [5.74, 6) is -0.407. The van der Waals surface area contributed by atoms with Gasteiger partial charge in [0.2, 0.25) is 0 Å². The molecule has 1 unspecified atom stereocenters. The molecule has 0 saturated carbocycles. The van der Waals surface area contributed by atoms with Crippen molar-refractivity contribution in [2.45, 2.75) is 19.4 Å². The van der Waals surface area contributed by atoms with Crippen LogP contribution in [0.2, 0.25) is 0 Å². The fourth-order valence-electron chi connectivity index (χ4n) is 0.822. The molecule has 0 aliphatic carbocycles. The summed E-state index contributed by atoms with van der Waals surface area (Å²) >= 11 is 0. The Morgan fingerprint density at radius 2 is 2.36 bits per heavy atom. The maximum absolute atomic E-state index is 11.1. The van der Waals surface area contributed by atoms with Crippen molar-refractivity contribution in [3.63, 3.8) is 0 Å². The third-order valence-corrected chi connectivity index (χ3v) is 1.45. The second kappa shape index (κ2) is 7.94. The Bertz CT molecular complexity index is 278. The highest BCUT2D eigenvalue weighted by molar-refractivity contribution is 6.27. The van der Waals surface area contributed by atoms with E-state index in [9.17, 15) is 4.79 Å². The van der Waals surface area contributed by atoms with Gasteiger partial charge in [-0.3, -0.25) is 4.79 Å². The van der Waals surface area contributed by atoms with Crippen LogP contribution in [0.5, 0.6) is 0 Å². The molecule has 0 radical (unpaired) electrons. The minimum absolute atomic E-state index is 0.174. The number of hydrogen-bond acceptors (Lipinski definition) is 3. The van der Waals surface area contributed by atoms with Gasteiger partial charge in [0.15, 0.2) is 0 Å². The van der Waals surface area contributed by atoms with Crippen molar-refractivity contribution in [1.82, 2.24) is 0 Å². The standard InChI is InChI=1S/C7H11N5O2/c1-2-7(6(13)5-10-8)14-4-3-11-12-9/h5,7H,2-4H2,1H3. The molecule has 0 fully saturated rings. The predicted octanol–water partition coefficient (Wildman–Crippen LogP) is 0.962. The molecule has 1 atom stereocenters. The third-order valence-electron chi connectivity index (χ3n) is 1.45. The van der Waals surface area contributed by atoms with Gasteiger partial charge in [-0.1, -0.05) is 12.0 Å². The van der Waals surface area contributed by atoms with Crippen molar-refractivity contribution in [3.8, 4) is 0 Å². The highest BCUT2D eigenvalue weighted by Gasteiger charge is 2.17. The van der Waals surface area contributed by atoms with Crippen molar-refractivity contribution >= 4 is 12.0 Å². The van der Waals surface area contributed by atoms with Crippen LogP contribution >= 0.6 is 0 Å². The number of ketones is 1. The maximum atomic E-state index is 11.1. The Morgan fingerprint density at radius 1 is 1.64 bits per heavy atom. The molecule has 0 aromatic rings. The first-order valence-electron chi connectivity index (χ1n) is 4.10. The molecular weight excluding hydrogens is 186 g/mol. The largest absolute Gasteiger partial charge is 0.370 e. The summed E-state index contributed by atoms with van der Waals surface area (Å²) in [7, 11) is 0. The second-order valence-corrected chi connectivity index (χ2v) is 2.37. The minimum atomic E-state index is -0.639. The van der Waals surface area contributed by atoms with E-state index < -0.39 is 11.9 Å². The van der Waals surface area contributed by atoms with Crippen LogP contribution in [0, 0.1) is 0 Å². The molecule has 0 aliphatic rings. The summed E-state index contributed by atoms with van der Waals surface area (Å²) in [6.45, 7) is 2.12. The van der Waals surface area contributed by atoms with E-state index >= 15 is 0 Å². The van der Waals surface area contributed by atoms with Gasteiger partial charge in [-0.25, -0.2) is 0 Å². The summed E-state index contributed by atoms with van der Waals surface area (Å²) in [5.41, 5.74) is 16.1. The number of hydrogen-bond donors (Lipinski definition) is 0. The zero-order valence-corrected chi connectivity index (χ0v) is 7.83. The van der Waals surface area contributed by atoms with E-state index in [2.05, 4.69) is 14.8 Å². The molecule has 0 rings (SSSR count). The predicted molar refractivity (Wildman–Crippen MR) is 48.7 cm³/mol. The Hall–Kier alpha value is -1.68. The molecule has 0 amide bonds. The van der Waals surface area contributed by atoms with Crippen molar-refractivity contribution in [2.24, 2.45) is 5.11 Å². The van der Waals surface area contributed by atoms with Gasteiger partial charge in [-0.2, -0.15) is 4.79 Å². The number of azide groups is 1. The van der Waals surface area contributed by atoms with Crippen LogP contribution < -0.4 is 0 Å². The number of carbonyl (C=O) groups excluding carboxylic acids is 1. The lowest BCUT2D eigenvalue weighted by molar-refractivity contribution is -0.126. The molecule has 7 nitrogen and oxygen atoms in total. The van der Waals surface area contributed by atoms with E-state index in [1.807, 2.05) is 0 Å². The highest BCUT2D eigenvalue weighted by Crippen LogP contribution is 1.98. The van der Waals surface area contributed by atoms with Gasteiger partial charge in [-0.15, -0.1) is 0 Å². The third kappa shape index (κ3) is 5.05. The fraction of sp³-hybridized carbons (Fsp3) is 0.714. The number of nitrogens with zero attached hydrogens (tertiary/aromatic N) is 5. The lowest BCUT2D eigenvalue weighted by atomic mass is 10.2. The lowest BCUT2D eigenvalue weighted by Gasteiger charge is -2.09. The number of carbonyl (C=O) groups is 1. The van der Waals surface area contributed by atoms with Crippen LogP contribution in [0.3, 0.4) is 0 Å². The van der Waals surface area contributed by atoms with Gasteiger partial charge in [0, 0.05) is 11.5 Å². The molecule has 14 heavy (non-hydrogen) atoms. The molecule has 0 aliphatic heterocycles. The van der Waals surface area contributed by atoms with E-state index in [-0.39, 0.29) is 13.2 Å². The van der Waals surface area contributed by atoms with Gasteiger partial charge in [0.05, 0.1) is 6.61 Å². The molecule has 0 spiro atoms. The smallest absolute Gasteiger partial charge is 0.325 e. The van der Waals surface area contributed by atoms with Crippen LogP contribution in [0.4, 0.5) is 0 Å². The van der Waals surface area contributed by atoms with Crippen molar-refractivity contribution in [1.29, 1.82) is 0 Å². The molecule has 0 heterocycles. The van der Waals surface area contributed by atoms with Crippen molar-refractivity contribution in [3.05, 3.63) is 16.0 Å². The Balaban J connectivity index is 3.95. The first-order chi connectivity index (χ1) is 6.76. The summed E-state index contributed by atoms with van der Waals surface area (Å²) in [4.78, 5) is 16.2. The summed E-state index contributed by atoms with van der Waals surface area (Å²) in [6.07, 6.45) is 0.628. The Morgan fingerprint density at radius 3 is 2.86 bits per heavy atom. The van der Waals surface area contributed by atoms with Gasteiger partial charge in [0.25, 0.3) is 5.78 Å². The zero-order chi connectivity index (χ0) is 10.8. The first kappa shape index (κ1) is 12.3. The maximum Gasteiger partial charge on any atom is 0.325 e. The monoisotopic (exact) mass is 197 g/mol. The summed E-state index contributed by atoms with van der Waals surface area (Å²) in [5, 5.41) is 3.24. The number of ether oxygens (including phenoxy) is 1. The quantitative estimate of drug-likeness (QED) is 0.199. The van der Waals surface area contributed by atoms with Gasteiger partial charge in [0.1, 0.15) is 6.10 Å². The van der Waals surface area contributed by atoms with Gasteiger partial charge >= 0.3 is 6.21 Å². The lowest BCUT2D eigenvalue weighted by Crippen LogP contribution is -2.25. The minimum Gasteiger partial charge on any atom is -0.370 e. The van der Waals surface area contributed by atoms with E-state index in [1.54, 1.807) is 6.92 Å². The number of rotatable bonds is 7. The van der Waals surface area contributed by atoms with Crippen molar-refractivity contribution in [2.75, 3.05) is 13.2 Å². The molecule has 0 saturated heterocycles. The molecular formula is C7H11N5O2. The first-order valence-corrected chi connectivity index (χ1v) is 4.10. The average Bonchev–Trinajstić information content (AvgIpc) is 2.18. The Kier molecular flexibility index (Phi) is 6.99. The Labute approximate surface area is 80.9 Å². The molecule has 0 aromatic heterocycles. The fourth-order valence-corrected chi connectivity index (χ4v) is 0.822. The van der Waals surface area contributed by atoms with Crippen LogP contribution in [0.15, 0.2) is 5.11 Å². The summed E-state index contributed by atoms with van der Waals surface area (Å²) < 4.78 is 5.09. The molecule has 0 aromatic carbocycles. The SMILES string of the molecule is CCC(OCCN=[N+]=[N-])C(=O)C=[N+]=[N-]. The normalized spacial score (nSPS) is 10.9. The van der Waals surface area contributed by atoms with Crippen LogP contribution in [0.1, 0.15) is 13.3 Å². The van der Waals surface area contributed by atoms with E-state index in [0.717, 1.165) is 6.21 Å². The zero-order valence-electron chi connectivity index (χ0n) is 7.83. The van der Waals surface area contributed by atoms with E-state index in [4.69, 9.17) is 15.8 Å². The van der Waals surface area contributed by atoms with Crippen LogP contribution in [-0.4, -0.2) is 36.0 Å². The highest BCUT2D eigenvalue weighted by atomic mass is 16.5. The number of Topliss-reactive ketones (excluding diaryl/α,β-unsaturated/α-hetero) is 1. The van der Waals surface area contributed by atoms with Crippen molar-refractivity contribution < 1.29 is 14.3 Å². The second-order valence-electron chi connectivity index (χ2n) is 2.37. The van der Waals surface area contributed by atoms with Crippen LogP contribution in [-0.2, 0) is 9.53 Å². The van der Waals surface area contributed by atoms with E-state index in [0.29, 0.717) is 6.42 Å². The molecule has 76 valence electrons. The molecule has 0 bridgehead atoms. The average molecular weight is 197 g/mol. The molecule has 7 heteroatoms. The topological polar surface area (TPSA) is 111 Å². The van der Waals surface area contributed by atoms with Crippen LogP contribution in [0.25, 0.3) is 16.0 Å². The summed E-state index contributed by atoms with van der Waals surface area (Å²) in [6, 6.07) is 0. The van der Waals surface area contributed by atoms with Gasteiger partial charge in [-0.05, 0) is 12.0 Å². The van der Waals surface area contributed by atoms with E-state index in [1.165, 1.54) is 0 Å². The van der Waals surface area contributed by atoms with Gasteiger partial charge < -0.3 is 10.3 Å². The molecule has 0 N–H and O–H groups in total.